The van der Waals surface area contributed by atoms with E-state index in [4.69, 9.17) is 10.5 Å². The van der Waals surface area contributed by atoms with Crippen LogP contribution >= 0.6 is 0 Å². The van der Waals surface area contributed by atoms with E-state index < -0.39 is 0 Å². The number of carbonyl (C=O) groups is 1. The average molecular weight is 276 g/mol. The van der Waals surface area contributed by atoms with Gasteiger partial charge in [0.2, 0.25) is 11.9 Å². The molecule has 2 aromatic rings. The first-order valence-corrected chi connectivity index (χ1v) is 6.60. The summed E-state index contributed by atoms with van der Waals surface area (Å²) >= 11 is 0. The molecule has 3 N–H and O–H groups in total. The van der Waals surface area contributed by atoms with Crippen LogP contribution in [-0.4, -0.2) is 35.7 Å². The Labute approximate surface area is 117 Å². The summed E-state index contributed by atoms with van der Waals surface area (Å²) in [5.74, 6) is 0.422. The number of hydrogen-bond acceptors (Lipinski definition) is 4. The molecule has 1 aromatic carbocycles. The summed E-state index contributed by atoms with van der Waals surface area (Å²) in [5, 5.41) is 2.78. The molecule has 0 spiro atoms. The number of rotatable bonds is 6. The van der Waals surface area contributed by atoms with Gasteiger partial charge in [-0.15, -0.1) is 0 Å². The monoisotopic (exact) mass is 276 g/mol. The highest BCUT2D eigenvalue weighted by atomic mass is 16.5. The van der Waals surface area contributed by atoms with Crippen molar-refractivity contribution in [3.05, 3.63) is 23.8 Å². The van der Waals surface area contributed by atoms with E-state index in [0.29, 0.717) is 32.1 Å². The molecular formula is C14H20N4O2. The largest absolute Gasteiger partial charge is 0.383 e. The lowest BCUT2D eigenvalue weighted by Gasteiger charge is -2.07. The zero-order valence-electron chi connectivity index (χ0n) is 11.8. The Kier molecular flexibility index (Phi) is 4.57. The van der Waals surface area contributed by atoms with E-state index in [2.05, 4.69) is 10.3 Å². The summed E-state index contributed by atoms with van der Waals surface area (Å²) in [6, 6.07) is 5.98. The molecule has 108 valence electrons. The number of aryl methyl sites for hydroxylation is 2. The Balaban J connectivity index is 2.02. The van der Waals surface area contributed by atoms with Crippen molar-refractivity contribution in [1.82, 2.24) is 14.9 Å². The predicted molar refractivity (Wildman–Crippen MR) is 78.4 cm³/mol. The third kappa shape index (κ3) is 3.27. The molecule has 0 saturated carbocycles. The number of hydrogen-bond donors (Lipinski definition) is 2. The number of nitrogens with one attached hydrogen (secondary N) is 1. The van der Waals surface area contributed by atoms with Crippen molar-refractivity contribution in [1.29, 1.82) is 0 Å². The third-order valence-electron chi connectivity index (χ3n) is 3.12. The maximum absolute atomic E-state index is 11.7. The lowest BCUT2D eigenvalue weighted by atomic mass is 10.2. The van der Waals surface area contributed by atoms with E-state index in [1.165, 1.54) is 0 Å². The summed E-state index contributed by atoms with van der Waals surface area (Å²) in [6.07, 6.45) is 0.368. The first kappa shape index (κ1) is 14.3. The quantitative estimate of drug-likeness (QED) is 0.773. The van der Waals surface area contributed by atoms with Crippen molar-refractivity contribution < 1.29 is 9.53 Å². The van der Waals surface area contributed by atoms with Crippen LogP contribution in [0.15, 0.2) is 18.2 Å². The number of nitrogens with two attached hydrogens (primary N) is 1. The number of methoxy groups -OCH3 is 1. The fraction of sp³-hybridized carbons (Fsp3) is 0.429. The highest BCUT2D eigenvalue weighted by Gasteiger charge is 2.09. The maximum atomic E-state index is 11.7. The Morgan fingerprint density at radius 3 is 3.05 bits per heavy atom. The van der Waals surface area contributed by atoms with Gasteiger partial charge in [-0.3, -0.25) is 4.79 Å². The summed E-state index contributed by atoms with van der Waals surface area (Å²) < 4.78 is 6.75. The van der Waals surface area contributed by atoms with E-state index in [1.54, 1.807) is 7.11 Å². The number of carbonyl (C=O) groups excluding carboxylic acids is 1. The molecule has 0 atom stereocenters. The first-order chi connectivity index (χ1) is 9.61. The zero-order chi connectivity index (χ0) is 14.5. The third-order valence-corrected chi connectivity index (χ3v) is 3.12. The molecular weight excluding hydrogens is 256 g/mol. The van der Waals surface area contributed by atoms with Gasteiger partial charge in [0.05, 0.1) is 17.6 Å². The fourth-order valence-corrected chi connectivity index (χ4v) is 2.09. The van der Waals surface area contributed by atoms with Gasteiger partial charge in [-0.1, -0.05) is 6.07 Å². The number of anilines is 1. The predicted octanol–water partition coefficient (Wildman–Crippen LogP) is 1.08. The highest BCUT2D eigenvalue weighted by Crippen LogP contribution is 2.19. The molecule has 2 rings (SSSR count). The molecule has 0 bridgehead atoms. The Hall–Kier alpha value is -2.08. The van der Waals surface area contributed by atoms with Gasteiger partial charge < -0.3 is 20.4 Å². The van der Waals surface area contributed by atoms with E-state index in [0.717, 1.165) is 16.6 Å². The maximum Gasteiger partial charge on any atom is 0.221 e. The molecule has 6 heteroatoms. The molecule has 0 aliphatic carbocycles. The van der Waals surface area contributed by atoms with Crippen molar-refractivity contribution in [3.8, 4) is 0 Å². The summed E-state index contributed by atoms with van der Waals surface area (Å²) in [6.45, 7) is 3.57. The number of ether oxygens (including phenoxy) is 1. The van der Waals surface area contributed by atoms with Crippen LogP contribution in [0.1, 0.15) is 12.0 Å². The van der Waals surface area contributed by atoms with Crippen LogP contribution in [0.5, 0.6) is 0 Å². The Morgan fingerprint density at radius 1 is 1.50 bits per heavy atom. The van der Waals surface area contributed by atoms with Crippen LogP contribution in [0, 0.1) is 6.92 Å². The van der Waals surface area contributed by atoms with Gasteiger partial charge >= 0.3 is 0 Å². The van der Waals surface area contributed by atoms with Crippen LogP contribution in [0.25, 0.3) is 11.0 Å². The second-order valence-corrected chi connectivity index (χ2v) is 4.71. The van der Waals surface area contributed by atoms with Crippen LogP contribution < -0.4 is 11.1 Å². The van der Waals surface area contributed by atoms with Gasteiger partial charge in [0.1, 0.15) is 0 Å². The van der Waals surface area contributed by atoms with Crippen molar-refractivity contribution in [3.63, 3.8) is 0 Å². The van der Waals surface area contributed by atoms with E-state index >= 15 is 0 Å². The molecule has 1 heterocycles. The summed E-state index contributed by atoms with van der Waals surface area (Å²) in [7, 11) is 1.60. The minimum atomic E-state index is -0.0181. The molecule has 0 saturated heterocycles. The van der Waals surface area contributed by atoms with Gasteiger partial charge in [-0.25, -0.2) is 4.98 Å². The number of nitrogen functional groups attached to an aromatic ring is 1. The van der Waals surface area contributed by atoms with Crippen LogP contribution in [0.4, 0.5) is 5.95 Å². The Morgan fingerprint density at radius 2 is 2.30 bits per heavy atom. The average Bonchev–Trinajstić information content (AvgIpc) is 2.71. The van der Waals surface area contributed by atoms with Crippen molar-refractivity contribution in [2.45, 2.75) is 19.9 Å². The lowest BCUT2D eigenvalue weighted by molar-refractivity contribution is -0.121. The molecule has 1 amide bonds. The van der Waals surface area contributed by atoms with Gasteiger partial charge in [-0.2, -0.15) is 0 Å². The lowest BCUT2D eigenvalue weighted by Crippen LogP contribution is -2.27. The van der Waals surface area contributed by atoms with E-state index in [-0.39, 0.29) is 5.91 Å². The Bertz CT molecular complexity index is 606. The number of fused-ring (bicyclic) bond motifs is 1. The number of imidazole rings is 1. The first-order valence-electron chi connectivity index (χ1n) is 6.60. The molecule has 0 fully saturated rings. The molecule has 0 aliphatic rings. The van der Waals surface area contributed by atoms with Crippen LogP contribution in [0.3, 0.4) is 0 Å². The number of benzene rings is 1. The normalized spacial score (nSPS) is 10.9. The van der Waals surface area contributed by atoms with Gasteiger partial charge in [0, 0.05) is 26.6 Å². The molecule has 0 unspecified atom stereocenters. The van der Waals surface area contributed by atoms with Gasteiger partial charge in [0.15, 0.2) is 0 Å². The standard InChI is InChI=1S/C14H20N4O2/c1-10-3-4-12-11(9-10)17-14(15)18(12)7-5-13(19)16-6-8-20-2/h3-4,9H,5-8H2,1-2H3,(H2,15,17)(H,16,19). The SMILES string of the molecule is COCCNC(=O)CCn1c(N)nc2cc(C)ccc21. The summed E-state index contributed by atoms with van der Waals surface area (Å²) in [5.41, 5.74) is 8.87. The summed E-state index contributed by atoms with van der Waals surface area (Å²) in [4.78, 5) is 16.0. The highest BCUT2D eigenvalue weighted by molar-refractivity contribution is 5.80. The van der Waals surface area contributed by atoms with Crippen LogP contribution in [-0.2, 0) is 16.1 Å². The van der Waals surface area contributed by atoms with Crippen molar-refractivity contribution in [2.24, 2.45) is 0 Å². The minimum Gasteiger partial charge on any atom is -0.383 e. The second kappa shape index (κ2) is 6.38. The number of amides is 1. The molecule has 20 heavy (non-hydrogen) atoms. The van der Waals surface area contributed by atoms with E-state index in [1.807, 2.05) is 29.7 Å². The van der Waals surface area contributed by atoms with Crippen molar-refractivity contribution >= 4 is 22.9 Å². The second-order valence-electron chi connectivity index (χ2n) is 4.71. The smallest absolute Gasteiger partial charge is 0.221 e. The molecule has 1 aromatic heterocycles. The topological polar surface area (TPSA) is 82.2 Å². The minimum absolute atomic E-state index is 0.0181. The van der Waals surface area contributed by atoms with Gasteiger partial charge in [-0.05, 0) is 24.6 Å². The zero-order valence-corrected chi connectivity index (χ0v) is 11.8. The van der Waals surface area contributed by atoms with Crippen LogP contribution in [0.2, 0.25) is 0 Å². The van der Waals surface area contributed by atoms with Crippen molar-refractivity contribution in [2.75, 3.05) is 26.0 Å². The number of aromatic nitrogens is 2. The molecule has 0 radical (unpaired) electrons. The van der Waals surface area contributed by atoms with Gasteiger partial charge in [0.25, 0.3) is 0 Å². The number of nitrogens with zero attached hydrogens (tertiary/aromatic N) is 2. The van der Waals surface area contributed by atoms with E-state index in [9.17, 15) is 4.79 Å². The fourth-order valence-electron chi connectivity index (χ4n) is 2.09. The molecule has 0 aliphatic heterocycles. The molecule has 6 nitrogen and oxygen atoms in total.